The largest absolute Gasteiger partial charge is 0.298 e. The molecule has 1 aliphatic rings. The fourth-order valence-electron chi connectivity index (χ4n) is 2.66. The van der Waals surface area contributed by atoms with Crippen LogP contribution in [0.4, 0.5) is 0 Å². The predicted molar refractivity (Wildman–Crippen MR) is 73.2 cm³/mol. The lowest BCUT2D eigenvalue weighted by molar-refractivity contribution is -0.124. The van der Waals surface area contributed by atoms with Crippen LogP contribution in [0.15, 0.2) is 0 Å². The number of carbonyl (C=O) groups excluding carboxylic acids is 1. The first-order valence-electron chi connectivity index (χ1n) is 7.42. The van der Waals surface area contributed by atoms with Crippen LogP contribution in [-0.4, -0.2) is 29.8 Å². The molecule has 17 heavy (non-hydrogen) atoms. The Kier molecular flexibility index (Phi) is 6.79. The summed E-state index contributed by atoms with van der Waals surface area (Å²) in [4.78, 5) is 14.5. The molecule has 0 saturated heterocycles. The number of unbranched alkanes of at least 4 members (excludes halogenated alkanes) is 2. The van der Waals surface area contributed by atoms with Crippen molar-refractivity contribution in [1.82, 2.24) is 4.90 Å². The highest BCUT2D eigenvalue weighted by Crippen LogP contribution is 2.25. The molecule has 0 atom stereocenters. The molecule has 0 aromatic carbocycles. The monoisotopic (exact) mass is 239 g/mol. The summed E-state index contributed by atoms with van der Waals surface area (Å²) in [6.45, 7) is 8.40. The second-order valence-electron chi connectivity index (χ2n) is 5.72. The van der Waals surface area contributed by atoms with E-state index in [2.05, 4.69) is 25.7 Å². The molecule has 0 aliphatic heterocycles. The van der Waals surface area contributed by atoms with Crippen LogP contribution in [0.3, 0.4) is 0 Å². The zero-order valence-electron chi connectivity index (χ0n) is 11.9. The van der Waals surface area contributed by atoms with Gasteiger partial charge in [0.05, 0.1) is 6.54 Å². The SMILES string of the molecule is CCCCCN(CC(=O)C1CCCC1)C(C)C. The van der Waals surface area contributed by atoms with E-state index < -0.39 is 0 Å². The van der Waals surface area contributed by atoms with Crippen molar-refractivity contribution in [3.05, 3.63) is 0 Å². The first-order valence-corrected chi connectivity index (χ1v) is 7.42. The van der Waals surface area contributed by atoms with Crippen LogP contribution in [0.25, 0.3) is 0 Å². The average Bonchev–Trinajstić information content (AvgIpc) is 2.81. The summed E-state index contributed by atoms with van der Waals surface area (Å²) in [5.41, 5.74) is 0. The standard InChI is InChI=1S/C15H29NO/c1-4-5-8-11-16(13(2)3)12-15(17)14-9-6-7-10-14/h13-14H,4-12H2,1-3H3. The van der Waals surface area contributed by atoms with Crippen LogP contribution in [0.1, 0.15) is 65.7 Å². The third kappa shape index (κ3) is 5.20. The van der Waals surface area contributed by atoms with Crippen molar-refractivity contribution in [1.29, 1.82) is 0 Å². The maximum Gasteiger partial charge on any atom is 0.149 e. The van der Waals surface area contributed by atoms with E-state index in [0.29, 0.717) is 24.3 Å². The fourth-order valence-corrected chi connectivity index (χ4v) is 2.66. The van der Waals surface area contributed by atoms with E-state index in [1.807, 2.05) is 0 Å². The molecule has 0 aromatic rings. The topological polar surface area (TPSA) is 20.3 Å². The van der Waals surface area contributed by atoms with E-state index >= 15 is 0 Å². The van der Waals surface area contributed by atoms with Gasteiger partial charge in [-0.3, -0.25) is 9.69 Å². The molecule has 0 amide bonds. The van der Waals surface area contributed by atoms with E-state index in [9.17, 15) is 4.79 Å². The summed E-state index contributed by atoms with van der Waals surface area (Å²) < 4.78 is 0. The van der Waals surface area contributed by atoms with Crippen molar-refractivity contribution >= 4 is 5.78 Å². The highest BCUT2D eigenvalue weighted by atomic mass is 16.1. The van der Waals surface area contributed by atoms with Crippen LogP contribution < -0.4 is 0 Å². The van der Waals surface area contributed by atoms with Crippen LogP contribution in [0.2, 0.25) is 0 Å². The lowest BCUT2D eigenvalue weighted by Gasteiger charge is -2.26. The van der Waals surface area contributed by atoms with Gasteiger partial charge in [0.2, 0.25) is 0 Å². The Morgan fingerprint density at radius 1 is 1.24 bits per heavy atom. The van der Waals surface area contributed by atoms with Gasteiger partial charge in [-0.2, -0.15) is 0 Å². The van der Waals surface area contributed by atoms with Crippen molar-refractivity contribution < 1.29 is 4.79 Å². The number of hydrogen-bond acceptors (Lipinski definition) is 2. The minimum absolute atomic E-state index is 0.377. The zero-order chi connectivity index (χ0) is 12.7. The van der Waals surface area contributed by atoms with Crippen LogP contribution >= 0.6 is 0 Å². The number of rotatable bonds is 8. The van der Waals surface area contributed by atoms with Gasteiger partial charge >= 0.3 is 0 Å². The van der Waals surface area contributed by atoms with Crippen LogP contribution in [0.5, 0.6) is 0 Å². The number of ketones is 1. The number of Topliss-reactive ketones (excluding diaryl/α,β-unsaturated/α-hetero) is 1. The average molecular weight is 239 g/mol. The van der Waals surface area contributed by atoms with Gasteiger partial charge in [0.1, 0.15) is 5.78 Å². The number of hydrogen-bond donors (Lipinski definition) is 0. The Hall–Kier alpha value is -0.370. The highest BCUT2D eigenvalue weighted by molar-refractivity contribution is 5.83. The molecule has 1 rings (SSSR count). The van der Waals surface area contributed by atoms with Crippen molar-refractivity contribution in [2.75, 3.05) is 13.1 Å². The normalized spacial score (nSPS) is 17.2. The number of nitrogens with zero attached hydrogens (tertiary/aromatic N) is 1. The quantitative estimate of drug-likeness (QED) is 0.603. The van der Waals surface area contributed by atoms with Gasteiger partial charge in [-0.1, -0.05) is 32.6 Å². The molecule has 0 spiro atoms. The molecule has 0 aromatic heterocycles. The number of carbonyl (C=O) groups is 1. The maximum atomic E-state index is 12.2. The molecule has 0 unspecified atom stereocenters. The van der Waals surface area contributed by atoms with Gasteiger partial charge in [0.15, 0.2) is 0 Å². The summed E-state index contributed by atoms with van der Waals surface area (Å²) in [5, 5.41) is 0. The third-order valence-electron chi connectivity index (χ3n) is 3.95. The molecule has 1 saturated carbocycles. The molecular weight excluding hydrogens is 210 g/mol. The second-order valence-corrected chi connectivity index (χ2v) is 5.72. The summed E-state index contributed by atoms with van der Waals surface area (Å²) in [7, 11) is 0. The highest BCUT2D eigenvalue weighted by Gasteiger charge is 2.24. The van der Waals surface area contributed by atoms with Gasteiger partial charge in [0.25, 0.3) is 0 Å². The van der Waals surface area contributed by atoms with Crippen molar-refractivity contribution in [3.8, 4) is 0 Å². The first kappa shape index (κ1) is 14.7. The molecule has 1 aliphatic carbocycles. The van der Waals surface area contributed by atoms with Crippen molar-refractivity contribution in [2.24, 2.45) is 5.92 Å². The fraction of sp³-hybridized carbons (Fsp3) is 0.933. The lowest BCUT2D eigenvalue weighted by atomic mass is 10.0. The molecule has 1 fully saturated rings. The zero-order valence-corrected chi connectivity index (χ0v) is 11.9. The van der Waals surface area contributed by atoms with Gasteiger partial charge in [-0.15, -0.1) is 0 Å². The Labute approximate surface area is 107 Å². The molecule has 2 heteroatoms. The van der Waals surface area contributed by atoms with Crippen LogP contribution in [0, 0.1) is 5.92 Å². The molecule has 100 valence electrons. The second kappa shape index (κ2) is 7.86. The molecule has 0 bridgehead atoms. The van der Waals surface area contributed by atoms with E-state index in [1.54, 1.807) is 0 Å². The molecule has 0 radical (unpaired) electrons. The lowest BCUT2D eigenvalue weighted by Crippen LogP contribution is -2.38. The smallest absolute Gasteiger partial charge is 0.149 e. The Balaban J connectivity index is 2.34. The Morgan fingerprint density at radius 3 is 2.41 bits per heavy atom. The minimum Gasteiger partial charge on any atom is -0.298 e. The predicted octanol–water partition coefficient (Wildman–Crippen LogP) is 3.65. The van der Waals surface area contributed by atoms with Gasteiger partial charge < -0.3 is 0 Å². The van der Waals surface area contributed by atoms with E-state index in [1.165, 1.54) is 32.1 Å². The summed E-state index contributed by atoms with van der Waals surface area (Å²) in [6.07, 6.45) is 8.55. The first-order chi connectivity index (χ1) is 8.15. The van der Waals surface area contributed by atoms with Gasteiger partial charge in [-0.25, -0.2) is 0 Å². The summed E-state index contributed by atoms with van der Waals surface area (Å²) in [5.74, 6) is 0.870. The van der Waals surface area contributed by atoms with Gasteiger partial charge in [0, 0.05) is 12.0 Å². The molecule has 0 heterocycles. The van der Waals surface area contributed by atoms with Crippen molar-refractivity contribution in [2.45, 2.75) is 71.8 Å². The Bertz CT molecular complexity index is 219. The molecule has 0 N–H and O–H groups in total. The van der Waals surface area contributed by atoms with Crippen LogP contribution in [-0.2, 0) is 4.79 Å². The van der Waals surface area contributed by atoms with E-state index in [-0.39, 0.29) is 0 Å². The third-order valence-corrected chi connectivity index (χ3v) is 3.95. The molecule has 2 nitrogen and oxygen atoms in total. The maximum absolute atomic E-state index is 12.2. The minimum atomic E-state index is 0.377. The van der Waals surface area contributed by atoms with Crippen molar-refractivity contribution in [3.63, 3.8) is 0 Å². The van der Waals surface area contributed by atoms with E-state index in [4.69, 9.17) is 0 Å². The van der Waals surface area contributed by atoms with Gasteiger partial charge in [-0.05, 0) is 39.7 Å². The molecular formula is C15H29NO. The Morgan fingerprint density at radius 2 is 1.88 bits per heavy atom. The summed E-state index contributed by atoms with van der Waals surface area (Å²) >= 11 is 0. The van der Waals surface area contributed by atoms with E-state index in [0.717, 1.165) is 19.4 Å². The summed E-state index contributed by atoms with van der Waals surface area (Å²) in [6, 6.07) is 0.497.